The zero-order valence-electron chi connectivity index (χ0n) is 15.3. The van der Waals surface area contributed by atoms with E-state index in [1.807, 2.05) is 20.0 Å². The average Bonchev–Trinajstić information content (AvgIpc) is 3.26. The number of nitrogens with one attached hydrogen (secondary N) is 1. The van der Waals surface area contributed by atoms with Crippen LogP contribution in [0, 0.1) is 6.92 Å². The Bertz CT molecular complexity index is 1070. The first-order valence-electron chi connectivity index (χ1n) is 8.65. The number of hydrogen-bond acceptors (Lipinski definition) is 7. The number of fused-ring (bicyclic) bond motifs is 1. The molecule has 0 saturated heterocycles. The van der Waals surface area contributed by atoms with Gasteiger partial charge in [0.15, 0.2) is 0 Å². The Morgan fingerprint density at radius 3 is 2.96 bits per heavy atom. The zero-order valence-corrected chi connectivity index (χ0v) is 16.2. The number of thiophene rings is 1. The van der Waals surface area contributed by atoms with E-state index in [4.69, 9.17) is 5.11 Å². The van der Waals surface area contributed by atoms with E-state index in [2.05, 4.69) is 20.4 Å². The van der Waals surface area contributed by atoms with Crippen LogP contribution in [-0.2, 0) is 18.3 Å². The molecular weight excluding hydrogens is 380 g/mol. The number of carboxylic acid groups (broad SMARTS) is 1. The number of carbonyl (C=O) groups excluding carboxylic acids is 1. The van der Waals surface area contributed by atoms with E-state index >= 15 is 0 Å². The fraction of sp³-hybridized carbons (Fsp3) is 0.278. The molecule has 1 amide bonds. The fourth-order valence-corrected chi connectivity index (χ4v) is 4.29. The summed E-state index contributed by atoms with van der Waals surface area (Å²) >= 11 is 1.52. The summed E-state index contributed by atoms with van der Waals surface area (Å²) in [5, 5.41) is 16.2. The average molecular weight is 398 g/mol. The number of aliphatic carboxylic acids is 1. The molecule has 10 heteroatoms. The third-order valence-corrected chi connectivity index (χ3v) is 5.73. The first-order chi connectivity index (χ1) is 13.4. The van der Waals surface area contributed by atoms with Crippen molar-refractivity contribution in [2.24, 2.45) is 7.05 Å². The van der Waals surface area contributed by atoms with E-state index in [-0.39, 0.29) is 12.5 Å². The highest BCUT2D eigenvalue weighted by Gasteiger charge is 2.28. The number of anilines is 2. The summed E-state index contributed by atoms with van der Waals surface area (Å²) < 4.78 is 1.68. The van der Waals surface area contributed by atoms with Gasteiger partial charge in [-0.1, -0.05) is 0 Å². The first-order valence-corrected chi connectivity index (χ1v) is 9.47. The lowest BCUT2D eigenvalue weighted by Crippen LogP contribution is -2.40. The van der Waals surface area contributed by atoms with Crippen LogP contribution in [0.15, 0.2) is 24.5 Å². The number of aryl methyl sites for hydroxylation is 2. The first kappa shape index (κ1) is 18.1. The van der Waals surface area contributed by atoms with Crippen molar-refractivity contribution in [2.75, 3.05) is 18.4 Å². The van der Waals surface area contributed by atoms with E-state index in [1.54, 1.807) is 23.1 Å². The lowest BCUT2D eigenvalue weighted by molar-refractivity contribution is -0.137. The standard InChI is InChI=1S/C18H18N6O3S/c1-10-8-19-18(21-14-3-5-20-23(14)2)22-16(10)13-7-11-12(28-13)4-6-24(17(11)27)9-15(25)26/h3,5,7-8H,4,6,9H2,1-2H3,(H,25,26)(H,19,21,22). The molecule has 0 aromatic carbocycles. The third-order valence-electron chi connectivity index (χ3n) is 4.53. The second-order valence-corrected chi connectivity index (χ2v) is 7.64. The van der Waals surface area contributed by atoms with Gasteiger partial charge in [0.25, 0.3) is 5.91 Å². The van der Waals surface area contributed by atoms with Crippen molar-refractivity contribution in [3.8, 4) is 10.6 Å². The van der Waals surface area contributed by atoms with Crippen LogP contribution in [0.1, 0.15) is 20.8 Å². The SMILES string of the molecule is Cc1cnc(Nc2ccnn2C)nc1-c1cc2c(s1)CCN(CC(=O)O)C2=O. The maximum atomic E-state index is 12.6. The second-order valence-electron chi connectivity index (χ2n) is 6.51. The molecule has 0 unspecified atom stereocenters. The van der Waals surface area contributed by atoms with Gasteiger partial charge >= 0.3 is 5.97 Å². The second kappa shape index (κ2) is 7.04. The minimum atomic E-state index is -1.01. The Labute approximate surface area is 164 Å². The lowest BCUT2D eigenvalue weighted by atomic mass is 10.1. The molecule has 9 nitrogen and oxygen atoms in total. The van der Waals surface area contributed by atoms with E-state index in [0.29, 0.717) is 24.5 Å². The summed E-state index contributed by atoms with van der Waals surface area (Å²) in [7, 11) is 1.82. The monoisotopic (exact) mass is 398 g/mol. The van der Waals surface area contributed by atoms with Crippen LogP contribution in [0.5, 0.6) is 0 Å². The highest BCUT2D eigenvalue weighted by molar-refractivity contribution is 7.15. The van der Waals surface area contributed by atoms with Gasteiger partial charge in [0.1, 0.15) is 12.4 Å². The van der Waals surface area contributed by atoms with Crippen LogP contribution in [0.2, 0.25) is 0 Å². The van der Waals surface area contributed by atoms with Crippen molar-refractivity contribution in [1.29, 1.82) is 0 Å². The van der Waals surface area contributed by atoms with Crippen LogP contribution >= 0.6 is 11.3 Å². The number of aromatic nitrogens is 4. The molecule has 2 N–H and O–H groups in total. The van der Waals surface area contributed by atoms with Gasteiger partial charge in [0.05, 0.1) is 22.3 Å². The van der Waals surface area contributed by atoms with Gasteiger partial charge < -0.3 is 15.3 Å². The molecule has 144 valence electrons. The number of hydrogen-bond donors (Lipinski definition) is 2. The van der Waals surface area contributed by atoms with E-state index in [1.165, 1.54) is 16.2 Å². The van der Waals surface area contributed by atoms with Gasteiger partial charge in [-0.3, -0.25) is 14.3 Å². The maximum absolute atomic E-state index is 12.6. The lowest BCUT2D eigenvalue weighted by Gasteiger charge is -2.24. The summed E-state index contributed by atoms with van der Waals surface area (Å²) in [6.07, 6.45) is 4.06. The van der Waals surface area contributed by atoms with Crippen molar-refractivity contribution in [3.63, 3.8) is 0 Å². The quantitative estimate of drug-likeness (QED) is 0.676. The van der Waals surface area contributed by atoms with Crippen molar-refractivity contribution in [3.05, 3.63) is 40.5 Å². The molecule has 0 spiro atoms. The molecule has 0 radical (unpaired) electrons. The molecule has 0 atom stereocenters. The van der Waals surface area contributed by atoms with Gasteiger partial charge in [-0.05, 0) is 18.6 Å². The molecule has 28 heavy (non-hydrogen) atoms. The predicted molar refractivity (Wildman–Crippen MR) is 104 cm³/mol. The van der Waals surface area contributed by atoms with Crippen molar-refractivity contribution >= 4 is 35.0 Å². The summed E-state index contributed by atoms with van der Waals surface area (Å²) in [6, 6.07) is 3.63. The van der Waals surface area contributed by atoms with E-state index in [0.717, 1.165) is 26.8 Å². The van der Waals surface area contributed by atoms with Crippen molar-refractivity contribution < 1.29 is 14.7 Å². The predicted octanol–water partition coefficient (Wildman–Crippen LogP) is 2.07. The van der Waals surface area contributed by atoms with E-state index < -0.39 is 5.97 Å². The minimum Gasteiger partial charge on any atom is -0.480 e. The molecular formula is C18H18N6O3S. The van der Waals surface area contributed by atoms with Crippen LogP contribution < -0.4 is 5.32 Å². The largest absolute Gasteiger partial charge is 0.480 e. The van der Waals surface area contributed by atoms with Crippen molar-refractivity contribution in [2.45, 2.75) is 13.3 Å². The number of rotatable bonds is 5. The number of nitrogens with zero attached hydrogens (tertiary/aromatic N) is 5. The Hall–Kier alpha value is -3.27. The highest BCUT2D eigenvalue weighted by Crippen LogP contribution is 2.35. The Balaban J connectivity index is 1.65. The molecule has 1 aliphatic rings. The van der Waals surface area contributed by atoms with Crippen LogP contribution in [0.25, 0.3) is 10.6 Å². The molecule has 3 aromatic rings. The summed E-state index contributed by atoms with van der Waals surface area (Å²) in [5.41, 5.74) is 2.20. The third kappa shape index (κ3) is 3.33. The van der Waals surface area contributed by atoms with Crippen molar-refractivity contribution in [1.82, 2.24) is 24.6 Å². The topological polar surface area (TPSA) is 113 Å². The molecule has 0 fully saturated rings. The number of carbonyl (C=O) groups is 2. The van der Waals surface area contributed by atoms with Gasteiger partial charge in [-0.15, -0.1) is 11.3 Å². The molecule has 0 aliphatic carbocycles. The Morgan fingerprint density at radius 2 is 2.25 bits per heavy atom. The van der Waals surface area contributed by atoms with Crippen LogP contribution in [0.3, 0.4) is 0 Å². The fourth-order valence-electron chi connectivity index (χ4n) is 3.10. The summed E-state index contributed by atoms with van der Waals surface area (Å²) in [6.45, 7) is 2.04. The molecule has 0 saturated carbocycles. The van der Waals surface area contributed by atoms with Gasteiger partial charge in [0.2, 0.25) is 5.95 Å². The normalized spacial score (nSPS) is 13.5. The molecule has 4 heterocycles. The van der Waals surface area contributed by atoms with E-state index in [9.17, 15) is 9.59 Å². The summed E-state index contributed by atoms with van der Waals surface area (Å²) in [5.74, 6) is -0.0509. The molecule has 1 aliphatic heterocycles. The number of amides is 1. The molecule has 4 rings (SSSR count). The smallest absolute Gasteiger partial charge is 0.323 e. The molecule has 3 aromatic heterocycles. The summed E-state index contributed by atoms with van der Waals surface area (Å²) in [4.78, 5) is 35.7. The maximum Gasteiger partial charge on any atom is 0.323 e. The van der Waals surface area contributed by atoms with Gasteiger partial charge in [-0.2, -0.15) is 5.10 Å². The Morgan fingerprint density at radius 1 is 1.43 bits per heavy atom. The minimum absolute atomic E-state index is 0.244. The van der Waals surface area contributed by atoms with Crippen LogP contribution in [0.4, 0.5) is 11.8 Å². The number of carboxylic acids is 1. The molecule has 0 bridgehead atoms. The van der Waals surface area contributed by atoms with Crippen LogP contribution in [-0.4, -0.2) is 54.7 Å². The zero-order chi connectivity index (χ0) is 19.8. The highest BCUT2D eigenvalue weighted by atomic mass is 32.1. The van der Waals surface area contributed by atoms with Gasteiger partial charge in [0, 0.05) is 37.2 Å². The van der Waals surface area contributed by atoms with Gasteiger partial charge in [-0.25, -0.2) is 9.97 Å². The Kier molecular flexibility index (Phi) is 4.55.